The Morgan fingerprint density at radius 2 is 2.08 bits per heavy atom. The van der Waals surface area contributed by atoms with Crippen molar-refractivity contribution in [1.29, 1.82) is 0 Å². The first-order chi connectivity index (χ1) is 12.5. The minimum absolute atomic E-state index is 0.0121. The molecule has 1 spiro atoms. The molecule has 0 radical (unpaired) electrons. The van der Waals surface area contributed by atoms with Gasteiger partial charge in [-0.25, -0.2) is 0 Å². The number of carbonyl (C=O) groups is 2. The molecule has 7 heteroatoms. The zero-order valence-corrected chi connectivity index (χ0v) is 16.0. The van der Waals surface area contributed by atoms with Gasteiger partial charge < -0.3 is 19.3 Å². The summed E-state index contributed by atoms with van der Waals surface area (Å²) in [6, 6.07) is 5.87. The quantitative estimate of drug-likeness (QED) is 0.798. The Labute approximate surface area is 157 Å². The van der Waals surface area contributed by atoms with Crippen LogP contribution in [-0.4, -0.2) is 72.0 Å². The zero-order chi connectivity index (χ0) is 18.3. The van der Waals surface area contributed by atoms with Crippen molar-refractivity contribution in [2.24, 2.45) is 0 Å². The molecule has 0 saturated carbocycles. The van der Waals surface area contributed by atoms with Gasteiger partial charge in [-0.2, -0.15) is 0 Å². The van der Waals surface area contributed by atoms with Crippen LogP contribution in [0.4, 0.5) is 0 Å². The largest absolute Gasteiger partial charge is 0.372 e. The second-order valence-electron chi connectivity index (χ2n) is 7.56. The fourth-order valence-electron chi connectivity index (χ4n) is 3.73. The van der Waals surface area contributed by atoms with Crippen molar-refractivity contribution in [3.05, 3.63) is 34.9 Å². The average molecular weight is 376 g/mol. The number of carbonyl (C=O) groups excluding carboxylic acids is 2. The van der Waals surface area contributed by atoms with Crippen LogP contribution in [0.2, 0.25) is 0 Å². The fraction of sp³-hybridized carbons (Fsp3) is 0.579. The molecule has 6 nitrogen and oxygen atoms in total. The van der Waals surface area contributed by atoms with Crippen LogP contribution >= 0.6 is 11.8 Å². The number of likely N-dealkylation sites (tertiary alicyclic amines) is 1. The van der Waals surface area contributed by atoms with Crippen molar-refractivity contribution < 1.29 is 19.1 Å². The normalized spacial score (nSPS) is 23.0. The van der Waals surface area contributed by atoms with Crippen molar-refractivity contribution in [3.8, 4) is 0 Å². The van der Waals surface area contributed by atoms with Crippen LogP contribution < -0.4 is 0 Å². The van der Waals surface area contributed by atoms with Gasteiger partial charge in [-0.3, -0.25) is 9.59 Å². The molecule has 2 fully saturated rings. The maximum absolute atomic E-state index is 12.7. The lowest BCUT2D eigenvalue weighted by molar-refractivity contribution is -0.135. The number of hydrogen-bond donors (Lipinski definition) is 0. The Morgan fingerprint density at radius 3 is 2.85 bits per heavy atom. The summed E-state index contributed by atoms with van der Waals surface area (Å²) < 4.78 is 11.3. The summed E-state index contributed by atoms with van der Waals surface area (Å²) in [5, 5.41) is 0. The van der Waals surface area contributed by atoms with Crippen LogP contribution in [0, 0.1) is 0 Å². The van der Waals surface area contributed by atoms with Gasteiger partial charge in [0.05, 0.1) is 24.1 Å². The molecule has 0 aliphatic carbocycles. The Kier molecular flexibility index (Phi) is 4.71. The molecule has 0 aromatic heterocycles. The van der Waals surface area contributed by atoms with Crippen molar-refractivity contribution in [2.75, 3.05) is 39.5 Å². The van der Waals surface area contributed by atoms with Crippen LogP contribution in [-0.2, 0) is 27.5 Å². The Hall–Kier alpha value is -1.57. The lowest BCUT2D eigenvalue weighted by Crippen LogP contribution is -2.60. The number of benzene rings is 1. The Morgan fingerprint density at radius 1 is 1.31 bits per heavy atom. The first-order valence-corrected chi connectivity index (χ1v) is 9.89. The van der Waals surface area contributed by atoms with Gasteiger partial charge in [-0.15, -0.1) is 11.8 Å². The van der Waals surface area contributed by atoms with Crippen molar-refractivity contribution in [1.82, 2.24) is 9.80 Å². The van der Waals surface area contributed by atoms with E-state index in [1.54, 1.807) is 19.0 Å². The number of likely N-dealkylation sites (N-methyl/N-ethyl adjacent to an activating group) is 1. The highest BCUT2D eigenvalue weighted by atomic mass is 32.2. The minimum Gasteiger partial charge on any atom is -0.372 e. The average Bonchev–Trinajstić information content (AvgIpc) is 3.23. The molecule has 3 heterocycles. The van der Waals surface area contributed by atoms with Crippen molar-refractivity contribution in [3.63, 3.8) is 0 Å². The van der Waals surface area contributed by atoms with Gasteiger partial charge in [-0.1, -0.05) is 6.07 Å². The summed E-state index contributed by atoms with van der Waals surface area (Å²) in [4.78, 5) is 27.8. The van der Waals surface area contributed by atoms with Gasteiger partial charge in [-0.05, 0) is 29.7 Å². The topological polar surface area (TPSA) is 59.1 Å². The van der Waals surface area contributed by atoms with E-state index in [4.69, 9.17) is 9.47 Å². The number of amides is 2. The van der Waals surface area contributed by atoms with Gasteiger partial charge in [0.25, 0.3) is 5.91 Å². The standard InChI is InChI=1S/C19H24N2O4S/c1-20(2)17(22)9-25-16-6-19(26-10-16)11-21(12-19)18(23)13-3-4-14-7-24-8-15(14)5-13/h3-5,16H,6-12H2,1-2H3/t16-/m1/s1. The van der Waals surface area contributed by atoms with Gasteiger partial charge in [0, 0.05) is 38.5 Å². The first-order valence-electron chi connectivity index (χ1n) is 8.90. The molecular formula is C19H24N2O4S. The van der Waals surface area contributed by atoms with Gasteiger partial charge in [0.1, 0.15) is 6.61 Å². The summed E-state index contributed by atoms with van der Waals surface area (Å²) >= 11 is 1.87. The summed E-state index contributed by atoms with van der Waals surface area (Å²) in [6.07, 6.45) is 0.999. The minimum atomic E-state index is -0.0121. The third kappa shape index (κ3) is 3.35. The number of hydrogen-bond acceptors (Lipinski definition) is 5. The van der Waals surface area contributed by atoms with Crippen LogP contribution in [0.5, 0.6) is 0 Å². The van der Waals surface area contributed by atoms with Gasteiger partial charge in [0.15, 0.2) is 0 Å². The van der Waals surface area contributed by atoms with E-state index >= 15 is 0 Å². The van der Waals surface area contributed by atoms with E-state index in [0.717, 1.165) is 36.4 Å². The highest BCUT2D eigenvalue weighted by Crippen LogP contribution is 2.46. The molecule has 1 aromatic rings. The molecule has 2 amide bonds. The molecule has 0 N–H and O–H groups in total. The molecular weight excluding hydrogens is 352 g/mol. The number of nitrogens with zero attached hydrogens (tertiary/aromatic N) is 2. The number of fused-ring (bicyclic) bond motifs is 1. The second kappa shape index (κ2) is 6.87. The molecule has 3 aliphatic rings. The third-order valence-corrected chi connectivity index (χ3v) is 6.91. The van der Waals surface area contributed by atoms with Gasteiger partial charge >= 0.3 is 0 Å². The molecule has 1 aromatic carbocycles. The van der Waals surface area contributed by atoms with Crippen molar-refractivity contribution >= 4 is 23.6 Å². The fourth-order valence-corrected chi connectivity index (χ4v) is 5.28. The number of ether oxygens (including phenoxy) is 2. The molecule has 26 heavy (non-hydrogen) atoms. The monoisotopic (exact) mass is 376 g/mol. The predicted octanol–water partition coefficient (Wildman–Crippen LogP) is 1.52. The van der Waals surface area contributed by atoms with Crippen LogP contribution in [0.1, 0.15) is 27.9 Å². The Balaban J connectivity index is 1.30. The van der Waals surface area contributed by atoms with E-state index in [-0.39, 0.29) is 29.3 Å². The summed E-state index contributed by atoms with van der Waals surface area (Å²) in [7, 11) is 3.47. The Bertz CT molecular complexity index is 730. The van der Waals surface area contributed by atoms with Crippen LogP contribution in [0.3, 0.4) is 0 Å². The summed E-state index contributed by atoms with van der Waals surface area (Å²) in [5.74, 6) is 0.971. The third-order valence-electron chi connectivity index (χ3n) is 5.33. The molecule has 4 rings (SSSR count). The number of rotatable bonds is 4. The lowest BCUT2D eigenvalue weighted by Gasteiger charge is -2.47. The van der Waals surface area contributed by atoms with E-state index in [2.05, 4.69) is 0 Å². The zero-order valence-electron chi connectivity index (χ0n) is 15.2. The van der Waals surface area contributed by atoms with E-state index in [1.807, 2.05) is 34.9 Å². The lowest BCUT2D eigenvalue weighted by atomic mass is 9.92. The first kappa shape index (κ1) is 17.8. The van der Waals surface area contributed by atoms with Crippen molar-refractivity contribution in [2.45, 2.75) is 30.5 Å². The predicted molar refractivity (Wildman–Crippen MR) is 99.1 cm³/mol. The molecule has 1 atom stereocenters. The van der Waals surface area contributed by atoms with Crippen LogP contribution in [0.15, 0.2) is 18.2 Å². The van der Waals surface area contributed by atoms with E-state index in [9.17, 15) is 9.59 Å². The van der Waals surface area contributed by atoms with E-state index in [0.29, 0.717) is 13.2 Å². The molecule has 0 unspecified atom stereocenters. The van der Waals surface area contributed by atoms with Gasteiger partial charge in [0.2, 0.25) is 5.91 Å². The smallest absolute Gasteiger partial charge is 0.253 e. The highest BCUT2D eigenvalue weighted by molar-refractivity contribution is 8.01. The molecule has 2 saturated heterocycles. The van der Waals surface area contributed by atoms with Crippen LogP contribution in [0.25, 0.3) is 0 Å². The number of thioether (sulfide) groups is 1. The van der Waals surface area contributed by atoms with E-state index in [1.165, 1.54) is 5.56 Å². The summed E-state index contributed by atoms with van der Waals surface area (Å²) in [6.45, 7) is 2.89. The highest BCUT2D eigenvalue weighted by Gasteiger charge is 2.51. The molecule has 140 valence electrons. The van der Waals surface area contributed by atoms with E-state index < -0.39 is 0 Å². The molecule has 0 bridgehead atoms. The molecule has 3 aliphatic heterocycles. The summed E-state index contributed by atoms with van der Waals surface area (Å²) in [5.41, 5.74) is 3.05. The maximum atomic E-state index is 12.7. The SMILES string of the molecule is CN(C)C(=O)CO[C@H]1CSC2(C1)CN(C(=O)c1ccc3c(c1)COC3)C2. The maximum Gasteiger partial charge on any atom is 0.253 e. The second-order valence-corrected chi connectivity index (χ2v) is 9.04.